The maximum atomic E-state index is 5.34. The molecular formula is C61H118N2. The molecule has 0 atom stereocenters. The molecule has 0 saturated heterocycles. The number of rotatable bonds is 53. The molecule has 0 fully saturated rings. The number of hydrogen-bond donors (Lipinski definition) is 0. The molecule has 0 aliphatic rings. The lowest BCUT2D eigenvalue weighted by atomic mass is 9.96. The molecule has 0 aliphatic heterocycles. The maximum absolute atomic E-state index is 5.34. The minimum absolute atomic E-state index is 1.04. The molecule has 0 amide bonds. The summed E-state index contributed by atoms with van der Waals surface area (Å²) in [4.78, 5) is 10.7. The minimum atomic E-state index is 1.04. The van der Waals surface area contributed by atoms with Crippen molar-refractivity contribution in [1.29, 1.82) is 0 Å². The Morgan fingerprint density at radius 3 is 0.587 bits per heavy atom. The van der Waals surface area contributed by atoms with E-state index < -0.39 is 0 Å². The van der Waals surface area contributed by atoms with Gasteiger partial charge in [0.05, 0.1) is 0 Å². The van der Waals surface area contributed by atoms with Gasteiger partial charge < -0.3 is 0 Å². The lowest BCUT2D eigenvalue weighted by molar-refractivity contribution is 0.526. The summed E-state index contributed by atoms with van der Waals surface area (Å²) < 4.78 is 0. The van der Waals surface area contributed by atoms with Crippen molar-refractivity contribution in [1.82, 2.24) is 9.97 Å². The van der Waals surface area contributed by atoms with Gasteiger partial charge in [0, 0.05) is 17.8 Å². The Morgan fingerprint density at radius 2 is 0.381 bits per heavy atom. The Kier molecular flexibility index (Phi) is 48.2. The second kappa shape index (κ2) is 50.5. The van der Waals surface area contributed by atoms with Crippen LogP contribution in [0.25, 0.3) is 0 Å². The van der Waals surface area contributed by atoms with E-state index in [1.54, 1.807) is 5.56 Å². The van der Waals surface area contributed by atoms with Gasteiger partial charge in [0.15, 0.2) is 0 Å². The van der Waals surface area contributed by atoms with Crippen molar-refractivity contribution >= 4 is 0 Å². The van der Waals surface area contributed by atoms with Gasteiger partial charge in [0.1, 0.15) is 5.82 Å². The van der Waals surface area contributed by atoms with E-state index in [4.69, 9.17) is 9.97 Å². The van der Waals surface area contributed by atoms with Crippen LogP contribution in [0.5, 0.6) is 0 Å². The topological polar surface area (TPSA) is 25.8 Å². The van der Waals surface area contributed by atoms with Gasteiger partial charge in [-0.25, -0.2) is 9.97 Å². The molecule has 0 spiro atoms. The third kappa shape index (κ3) is 41.0. The number of nitrogens with zero attached hydrogens (tertiary/aromatic N) is 2. The summed E-state index contributed by atoms with van der Waals surface area (Å²) in [6, 6.07) is 0. The first-order chi connectivity index (χ1) is 31.3. The van der Waals surface area contributed by atoms with E-state index in [1.165, 1.54) is 339 Å². The summed E-state index contributed by atoms with van der Waals surface area (Å²) >= 11 is 0. The van der Waals surface area contributed by atoms with Gasteiger partial charge in [0.2, 0.25) is 0 Å². The van der Waals surface area contributed by atoms with Gasteiger partial charge in [-0.15, -0.1) is 0 Å². The molecule has 0 unspecified atom stereocenters. The third-order valence-electron chi connectivity index (χ3n) is 14.5. The van der Waals surface area contributed by atoms with Crippen LogP contribution < -0.4 is 0 Å². The molecule has 63 heavy (non-hydrogen) atoms. The highest BCUT2D eigenvalue weighted by Crippen LogP contribution is 2.23. The van der Waals surface area contributed by atoms with Crippen molar-refractivity contribution in [3.05, 3.63) is 22.8 Å². The second-order valence-electron chi connectivity index (χ2n) is 20.9. The van der Waals surface area contributed by atoms with Crippen molar-refractivity contribution in [2.75, 3.05) is 0 Å². The molecule has 0 bridgehead atoms. The Morgan fingerprint density at radius 1 is 0.190 bits per heavy atom. The maximum Gasteiger partial charge on any atom is 0.128 e. The Labute approximate surface area is 399 Å². The van der Waals surface area contributed by atoms with Crippen LogP contribution >= 0.6 is 0 Å². The number of aromatic nitrogens is 2. The van der Waals surface area contributed by atoms with Gasteiger partial charge in [-0.1, -0.05) is 317 Å². The number of hydrogen-bond acceptors (Lipinski definition) is 2. The molecule has 372 valence electrons. The zero-order valence-electron chi connectivity index (χ0n) is 44.4. The summed E-state index contributed by atoms with van der Waals surface area (Å²) in [6.07, 6.45) is 74.6. The molecule has 1 aromatic rings. The van der Waals surface area contributed by atoms with Crippen LogP contribution in [0.2, 0.25) is 0 Å². The molecule has 1 aromatic heterocycles. The van der Waals surface area contributed by atoms with Crippen LogP contribution in [0.15, 0.2) is 0 Å². The van der Waals surface area contributed by atoms with Gasteiger partial charge in [-0.05, 0) is 50.5 Å². The monoisotopic (exact) mass is 879 g/mol. The van der Waals surface area contributed by atoms with E-state index in [1.807, 2.05) is 0 Å². The zero-order valence-corrected chi connectivity index (χ0v) is 44.4. The average molecular weight is 880 g/mol. The van der Waals surface area contributed by atoms with Gasteiger partial charge in [-0.3, -0.25) is 0 Å². The molecule has 0 radical (unpaired) electrons. The third-order valence-corrected chi connectivity index (χ3v) is 14.5. The molecule has 1 rings (SSSR count). The first-order valence-corrected chi connectivity index (χ1v) is 30.1. The molecule has 2 heteroatoms. The summed E-state index contributed by atoms with van der Waals surface area (Å²) in [5, 5.41) is 0. The molecule has 1 heterocycles. The smallest absolute Gasteiger partial charge is 0.128 e. The molecule has 0 N–H and O–H groups in total. The fourth-order valence-electron chi connectivity index (χ4n) is 10.2. The van der Waals surface area contributed by atoms with Crippen LogP contribution in [0.4, 0.5) is 0 Å². The SMILES string of the molecule is CCCCCCCCCCCCCCCCCCc1nc(CCC)nc(CCCCCCCCCCCCCCCCCC)c1CCCCCCCCCCCCCCCCCC. The normalized spacial score (nSPS) is 11.7. The van der Waals surface area contributed by atoms with Crippen molar-refractivity contribution < 1.29 is 0 Å². The van der Waals surface area contributed by atoms with E-state index in [0.29, 0.717) is 0 Å². The number of aryl methyl sites for hydroxylation is 3. The fraction of sp³-hybridized carbons (Fsp3) is 0.934. The van der Waals surface area contributed by atoms with E-state index in [9.17, 15) is 0 Å². The van der Waals surface area contributed by atoms with Crippen LogP contribution in [0.3, 0.4) is 0 Å². The Hall–Kier alpha value is -0.920. The highest BCUT2D eigenvalue weighted by atomic mass is 14.9. The molecular weight excluding hydrogens is 761 g/mol. The first-order valence-electron chi connectivity index (χ1n) is 30.1. The Bertz CT molecular complexity index is 959. The van der Waals surface area contributed by atoms with Gasteiger partial charge >= 0.3 is 0 Å². The van der Waals surface area contributed by atoms with Crippen molar-refractivity contribution in [2.24, 2.45) is 0 Å². The van der Waals surface area contributed by atoms with Crippen molar-refractivity contribution in [2.45, 2.75) is 368 Å². The van der Waals surface area contributed by atoms with Crippen LogP contribution in [0.1, 0.15) is 365 Å². The quantitative estimate of drug-likeness (QED) is 0.0609. The van der Waals surface area contributed by atoms with Crippen LogP contribution in [0, 0.1) is 0 Å². The van der Waals surface area contributed by atoms with E-state index >= 15 is 0 Å². The average Bonchev–Trinajstić information content (AvgIpc) is 3.29. The molecule has 2 nitrogen and oxygen atoms in total. The summed E-state index contributed by atoms with van der Waals surface area (Å²) in [5.41, 5.74) is 4.49. The van der Waals surface area contributed by atoms with Gasteiger partial charge in [0.25, 0.3) is 0 Å². The minimum Gasteiger partial charge on any atom is -0.238 e. The summed E-state index contributed by atoms with van der Waals surface area (Å²) in [6.45, 7) is 9.26. The van der Waals surface area contributed by atoms with Crippen LogP contribution in [-0.2, 0) is 25.7 Å². The fourth-order valence-corrected chi connectivity index (χ4v) is 10.2. The summed E-state index contributed by atoms with van der Waals surface area (Å²) in [5.74, 6) is 1.14. The van der Waals surface area contributed by atoms with Crippen molar-refractivity contribution in [3.63, 3.8) is 0 Å². The Balaban J connectivity index is 2.47. The summed E-state index contributed by atoms with van der Waals surface area (Å²) in [7, 11) is 0. The lowest BCUT2D eigenvalue weighted by Crippen LogP contribution is -2.11. The van der Waals surface area contributed by atoms with Gasteiger partial charge in [-0.2, -0.15) is 0 Å². The first kappa shape index (κ1) is 60.1. The van der Waals surface area contributed by atoms with E-state index in [0.717, 1.165) is 18.7 Å². The standard InChI is InChI=1S/C61H118N2/c1-5-9-12-15-18-21-24-27-30-33-36-39-42-45-48-51-55-58-59(56-52-49-46-43-40-37-34-31-28-25-22-19-16-13-10-6-2)62-61(54-8-4)63-60(58)57-53-50-47-44-41-38-35-32-29-26-23-20-17-14-11-7-3/h5-57H2,1-4H3. The predicted molar refractivity (Wildman–Crippen MR) is 286 cm³/mol. The predicted octanol–water partition coefficient (Wildman–Crippen LogP) is 21.8. The highest BCUT2D eigenvalue weighted by molar-refractivity contribution is 5.27. The molecule has 0 aromatic carbocycles. The number of unbranched alkanes of at least 4 members (excludes halogenated alkanes) is 45. The van der Waals surface area contributed by atoms with E-state index in [-0.39, 0.29) is 0 Å². The largest absolute Gasteiger partial charge is 0.238 e. The van der Waals surface area contributed by atoms with Crippen molar-refractivity contribution in [3.8, 4) is 0 Å². The lowest BCUT2D eigenvalue weighted by Gasteiger charge is -2.16. The molecule has 0 aliphatic carbocycles. The molecule has 0 saturated carbocycles. The van der Waals surface area contributed by atoms with E-state index in [2.05, 4.69) is 27.7 Å². The highest BCUT2D eigenvalue weighted by Gasteiger charge is 2.15. The van der Waals surface area contributed by atoms with Crippen LogP contribution in [-0.4, -0.2) is 9.97 Å². The second-order valence-corrected chi connectivity index (χ2v) is 20.9. The zero-order chi connectivity index (χ0) is 45.2.